The number of carbonyl (C=O) groups is 1. The molecule has 0 spiro atoms. The van der Waals surface area contributed by atoms with Gasteiger partial charge in [-0.25, -0.2) is 4.98 Å². The molecule has 1 saturated heterocycles. The van der Waals surface area contributed by atoms with Gasteiger partial charge >= 0.3 is 0 Å². The number of rotatable bonds is 3. The van der Waals surface area contributed by atoms with Gasteiger partial charge in [-0.3, -0.25) is 4.79 Å². The summed E-state index contributed by atoms with van der Waals surface area (Å²) in [5, 5.41) is 4.05. The second-order valence-electron chi connectivity index (χ2n) is 6.69. The van der Waals surface area contributed by atoms with Crippen molar-refractivity contribution in [2.24, 2.45) is 0 Å². The summed E-state index contributed by atoms with van der Waals surface area (Å²) in [6.07, 6.45) is 1.09. The summed E-state index contributed by atoms with van der Waals surface area (Å²) in [7, 11) is 0. The van der Waals surface area contributed by atoms with Gasteiger partial charge in [-0.15, -0.1) is 0 Å². The van der Waals surface area contributed by atoms with Gasteiger partial charge in [0.15, 0.2) is 11.5 Å². The van der Waals surface area contributed by atoms with Gasteiger partial charge < -0.3 is 14.5 Å². The topological polar surface area (TPSA) is 64.4 Å². The Hall–Kier alpha value is -2.08. The second-order valence-corrected chi connectivity index (χ2v) is 7.53. The van der Waals surface area contributed by atoms with Gasteiger partial charge in [0.05, 0.1) is 5.41 Å². The number of fused-ring (bicyclic) bond motifs is 1. The molecule has 2 heterocycles. The van der Waals surface area contributed by atoms with Crippen molar-refractivity contribution in [2.45, 2.75) is 25.2 Å². The van der Waals surface area contributed by atoms with Crippen LogP contribution in [0.1, 0.15) is 24.3 Å². The van der Waals surface area contributed by atoms with Crippen LogP contribution in [0.2, 0.25) is 10.0 Å². The molecular formula is C20H18Cl2N2O3. The van der Waals surface area contributed by atoms with E-state index < -0.39 is 5.41 Å². The van der Waals surface area contributed by atoms with E-state index in [0.29, 0.717) is 58.8 Å². The van der Waals surface area contributed by atoms with Crippen molar-refractivity contribution in [1.29, 1.82) is 0 Å². The quantitative estimate of drug-likeness (QED) is 0.656. The number of ether oxygens (including phenoxy) is 1. The fourth-order valence-corrected chi connectivity index (χ4v) is 4.18. The van der Waals surface area contributed by atoms with E-state index in [1.807, 2.05) is 6.07 Å². The largest absolute Gasteiger partial charge is 0.441 e. The molecule has 140 valence electrons. The first-order valence-electron chi connectivity index (χ1n) is 8.70. The summed E-state index contributed by atoms with van der Waals surface area (Å²) >= 11 is 12.5. The van der Waals surface area contributed by atoms with Crippen LogP contribution in [-0.2, 0) is 14.9 Å². The smallest absolute Gasteiger partial charge is 0.235 e. The van der Waals surface area contributed by atoms with E-state index in [1.165, 1.54) is 0 Å². The minimum atomic E-state index is -0.769. The van der Waals surface area contributed by atoms with Crippen LogP contribution in [0.4, 0.5) is 5.69 Å². The average molecular weight is 405 g/mol. The first-order chi connectivity index (χ1) is 13.0. The molecular weight excluding hydrogens is 387 g/mol. The molecule has 2 aromatic carbocycles. The van der Waals surface area contributed by atoms with Crippen LogP contribution < -0.4 is 5.32 Å². The number of anilines is 1. The lowest BCUT2D eigenvalue weighted by atomic mass is 9.73. The number of hydrogen-bond donors (Lipinski definition) is 1. The highest BCUT2D eigenvalue weighted by Crippen LogP contribution is 2.40. The third-order valence-corrected chi connectivity index (χ3v) is 5.53. The highest BCUT2D eigenvalue weighted by atomic mass is 35.5. The Balaban J connectivity index is 1.69. The van der Waals surface area contributed by atoms with Gasteiger partial charge in [0.2, 0.25) is 5.91 Å². The molecule has 1 aromatic heterocycles. The van der Waals surface area contributed by atoms with Crippen LogP contribution in [0.5, 0.6) is 0 Å². The predicted octanol–water partition coefficient (Wildman–Crippen LogP) is 5.13. The molecule has 0 saturated carbocycles. The van der Waals surface area contributed by atoms with Crippen LogP contribution >= 0.6 is 23.2 Å². The Morgan fingerprint density at radius 2 is 1.93 bits per heavy atom. The zero-order valence-electron chi connectivity index (χ0n) is 14.7. The maximum atomic E-state index is 13.4. The van der Waals surface area contributed by atoms with E-state index >= 15 is 0 Å². The lowest BCUT2D eigenvalue weighted by Crippen LogP contribution is -2.45. The molecule has 0 radical (unpaired) electrons. The van der Waals surface area contributed by atoms with Gasteiger partial charge in [0, 0.05) is 35.9 Å². The van der Waals surface area contributed by atoms with Crippen molar-refractivity contribution < 1.29 is 13.9 Å². The number of nitrogens with one attached hydrogen (secondary N) is 1. The predicted molar refractivity (Wildman–Crippen MR) is 106 cm³/mol. The molecule has 0 unspecified atom stereocenters. The summed E-state index contributed by atoms with van der Waals surface area (Å²) in [5.74, 6) is 0.469. The van der Waals surface area contributed by atoms with Crippen molar-refractivity contribution in [2.75, 3.05) is 18.5 Å². The Morgan fingerprint density at radius 3 is 2.67 bits per heavy atom. The van der Waals surface area contributed by atoms with E-state index in [4.69, 9.17) is 32.4 Å². The number of halogens is 2. The summed E-state index contributed by atoms with van der Waals surface area (Å²) in [4.78, 5) is 17.7. The molecule has 1 amide bonds. The summed E-state index contributed by atoms with van der Waals surface area (Å²) < 4.78 is 11.0. The molecule has 1 N–H and O–H groups in total. The number of amides is 1. The maximum Gasteiger partial charge on any atom is 0.235 e. The van der Waals surface area contributed by atoms with Crippen molar-refractivity contribution in [3.05, 3.63) is 57.9 Å². The molecule has 0 bridgehead atoms. The number of aryl methyl sites for hydroxylation is 1. The van der Waals surface area contributed by atoms with Crippen LogP contribution in [0, 0.1) is 6.92 Å². The Labute approximate surface area is 166 Å². The third-order valence-electron chi connectivity index (χ3n) is 4.98. The molecule has 1 fully saturated rings. The standard InChI is InChI=1S/C20H18Cl2N2O3/c1-12-23-17-11-14(3-5-18(17)27-12)24-19(25)20(6-8-26-9-7-20)15-4-2-13(21)10-16(15)22/h2-5,10-11H,6-9H2,1H3,(H,24,25). The van der Waals surface area contributed by atoms with Crippen molar-refractivity contribution in [3.8, 4) is 0 Å². The van der Waals surface area contributed by atoms with Gasteiger partial charge in [0.1, 0.15) is 5.52 Å². The highest BCUT2D eigenvalue weighted by Gasteiger charge is 2.43. The van der Waals surface area contributed by atoms with Gasteiger partial charge in [-0.1, -0.05) is 29.3 Å². The summed E-state index contributed by atoms with van der Waals surface area (Å²) in [5.41, 5.74) is 2.06. The van der Waals surface area contributed by atoms with Gasteiger partial charge in [0.25, 0.3) is 0 Å². The fraction of sp³-hybridized carbons (Fsp3) is 0.300. The molecule has 0 aliphatic carbocycles. The highest BCUT2D eigenvalue weighted by molar-refractivity contribution is 6.35. The second kappa shape index (κ2) is 7.15. The van der Waals surface area contributed by atoms with E-state index in [9.17, 15) is 4.79 Å². The van der Waals surface area contributed by atoms with Crippen molar-refractivity contribution >= 4 is 45.9 Å². The number of oxazole rings is 1. The zero-order chi connectivity index (χ0) is 19.0. The molecule has 1 aliphatic heterocycles. The average Bonchev–Trinajstić information content (AvgIpc) is 3.01. The van der Waals surface area contributed by atoms with Crippen molar-refractivity contribution in [3.63, 3.8) is 0 Å². The SMILES string of the molecule is Cc1nc2cc(NC(=O)C3(c4ccc(Cl)cc4Cl)CCOCC3)ccc2o1. The molecule has 7 heteroatoms. The monoisotopic (exact) mass is 404 g/mol. The third kappa shape index (κ3) is 3.43. The molecule has 4 rings (SSSR count). The van der Waals surface area contributed by atoms with Gasteiger partial charge in [-0.2, -0.15) is 0 Å². The Morgan fingerprint density at radius 1 is 1.15 bits per heavy atom. The number of hydrogen-bond acceptors (Lipinski definition) is 4. The minimum absolute atomic E-state index is 0.116. The summed E-state index contributed by atoms with van der Waals surface area (Å²) in [6, 6.07) is 10.7. The first kappa shape index (κ1) is 18.3. The number of nitrogens with zero attached hydrogens (tertiary/aromatic N) is 1. The Bertz CT molecular complexity index is 1010. The minimum Gasteiger partial charge on any atom is -0.441 e. The van der Waals surface area contributed by atoms with Crippen LogP contribution in [0.3, 0.4) is 0 Å². The first-order valence-corrected chi connectivity index (χ1v) is 9.45. The van der Waals surface area contributed by atoms with Crippen LogP contribution in [-0.4, -0.2) is 24.1 Å². The molecule has 1 aliphatic rings. The van der Waals surface area contributed by atoms with Crippen LogP contribution in [0.15, 0.2) is 40.8 Å². The molecule has 0 atom stereocenters. The molecule has 5 nitrogen and oxygen atoms in total. The maximum absolute atomic E-state index is 13.4. The van der Waals surface area contributed by atoms with E-state index in [-0.39, 0.29) is 5.91 Å². The van der Waals surface area contributed by atoms with Crippen molar-refractivity contribution in [1.82, 2.24) is 4.98 Å². The van der Waals surface area contributed by atoms with E-state index in [0.717, 1.165) is 5.56 Å². The molecule has 3 aromatic rings. The normalized spacial score (nSPS) is 16.4. The van der Waals surface area contributed by atoms with Gasteiger partial charge in [-0.05, 0) is 48.7 Å². The number of aromatic nitrogens is 1. The number of benzene rings is 2. The van der Waals surface area contributed by atoms with E-state index in [2.05, 4.69) is 10.3 Å². The number of carbonyl (C=O) groups excluding carboxylic acids is 1. The molecule has 27 heavy (non-hydrogen) atoms. The van der Waals surface area contributed by atoms with E-state index in [1.54, 1.807) is 37.3 Å². The fourth-order valence-electron chi connectivity index (χ4n) is 3.59. The zero-order valence-corrected chi connectivity index (χ0v) is 16.2. The summed E-state index contributed by atoms with van der Waals surface area (Å²) in [6.45, 7) is 2.78. The lowest BCUT2D eigenvalue weighted by molar-refractivity contribution is -0.125. The lowest BCUT2D eigenvalue weighted by Gasteiger charge is -2.36. The Kier molecular flexibility index (Phi) is 4.84. The van der Waals surface area contributed by atoms with Crippen LogP contribution in [0.25, 0.3) is 11.1 Å².